The molecule has 156 valence electrons. The SMILES string of the molecule is CC1CC(=O)c2c(OC(=O)COc3ccc(C(=O)c4ccccc4)cc3)ccc(F)c21. The van der Waals surface area contributed by atoms with Crippen molar-refractivity contribution in [2.24, 2.45) is 0 Å². The summed E-state index contributed by atoms with van der Waals surface area (Å²) in [5.74, 6) is -1.38. The van der Waals surface area contributed by atoms with Crippen molar-refractivity contribution in [2.75, 3.05) is 6.61 Å². The first-order valence-electron chi connectivity index (χ1n) is 9.83. The molecule has 3 aromatic carbocycles. The fourth-order valence-corrected chi connectivity index (χ4v) is 3.66. The molecule has 0 radical (unpaired) electrons. The topological polar surface area (TPSA) is 69.7 Å². The lowest BCUT2D eigenvalue weighted by Crippen LogP contribution is -2.19. The Morgan fingerprint density at radius 3 is 2.35 bits per heavy atom. The van der Waals surface area contributed by atoms with Gasteiger partial charge in [-0.05, 0) is 42.3 Å². The molecule has 31 heavy (non-hydrogen) atoms. The third kappa shape index (κ3) is 4.23. The number of halogens is 1. The van der Waals surface area contributed by atoms with Gasteiger partial charge in [0.1, 0.15) is 17.3 Å². The van der Waals surface area contributed by atoms with Crippen LogP contribution in [0.2, 0.25) is 0 Å². The molecule has 0 saturated heterocycles. The number of benzene rings is 3. The van der Waals surface area contributed by atoms with Gasteiger partial charge in [-0.2, -0.15) is 0 Å². The summed E-state index contributed by atoms with van der Waals surface area (Å²) in [7, 11) is 0. The summed E-state index contributed by atoms with van der Waals surface area (Å²) in [5.41, 5.74) is 1.49. The van der Waals surface area contributed by atoms with Gasteiger partial charge in [0, 0.05) is 23.1 Å². The molecule has 0 saturated carbocycles. The van der Waals surface area contributed by atoms with Crippen LogP contribution in [0.3, 0.4) is 0 Å². The molecule has 1 atom stereocenters. The zero-order chi connectivity index (χ0) is 22.0. The van der Waals surface area contributed by atoms with E-state index in [0.717, 1.165) is 0 Å². The Hall–Kier alpha value is -3.80. The van der Waals surface area contributed by atoms with Gasteiger partial charge in [0.25, 0.3) is 0 Å². The van der Waals surface area contributed by atoms with E-state index in [1.165, 1.54) is 12.1 Å². The molecule has 1 unspecified atom stereocenters. The van der Waals surface area contributed by atoms with Gasteiger partial charge in [-0.15, -0.1) is 0 Å². The molecule has 0 fully saturated rings. The number of Topliss-reactive ketones (excluding diaryl/α,β-unsaturated/α-hetero) is 1. The quantitative estimate of drug-likeness (QED) is 0.329. The van der Waals surface area contributed by atoms with Crippen LogP contribution in [0.5, 0.6) is 11.5 Å². The number of carbonyl (C=O) groups excluding carboxylic acids is 3. The van der Waals surface area contributed by atoms with E-state index in [9.17, 15) is 18.8 Å². The smallest absolute Gasteiger partial charge is 0.349 e. The maximum Gasteiger partial charge on any atom is 0.349 e. The zero-order valence-corrected chi connectivity index (χ0v) is 16.8. The highest BCUT2D eigenvalue weighted by atomic mass is 19.1. The largest absolute Gasteiger partial charge is 0.482 e. The number of fused-ring (bicyclic) bond motifs is 1. The van der Waals surface area contributed by atoms with Crippen LogP contribution in [-0.4, -0.2) is 24.1 Å². The second-order valence-electron chi connectivity index (χ2n) is 7.34. The van der Waals surface area contributed by atoms with Gasteiger partial charge in [-0.1, -0.05) is 37.3 Å². The Balaban J connectivity index is 1.39. The van der Waals surface area contributed by atoms with E-state index in [1.54, 1.807) is 55.5 Å². The Kier molecular flexibility index (Phi) is 5.62. The molecule has 0 N–H and O–H groups in total. The molecule has 0 amide bonds. The fraction of sp³-hybridized carbons (Fsp3) is 0.160. The van der Waals surface area contributed by atoms with E-state index in [2.05, 4.69) is 0 Å². The molecule has 0 heterocycles. The minimum absolute atomic E-state index is 0.0446. The van der Waals surface area contributed by atoms with E-state index in [1.807, 2.05) is 6.07 Å². The predicted octanol–water partition coefficient (Wildman–Crippen LogP) is 4.73. The summed E-state index contributed by atoms with van der Waals surface area (Å²) >= 11 is 0. The molecule has 4 rings (SSSR count). The van der Waals surface area contributed by atoms with Crippen LogP contribution in [0.1, 0.15) is 51.1 Å². The van der Waals surface area contributed by atoms with Crippen molar-refractivity contribution in [3.63, 3.8) is 0 Å². The van der Waals surface area contributed by atoms with Crippen LogP contribution >= 0.6 is 0 Å². The molecule has 3 aromatic rings. The van der Waals surface area contributed by atoms with Gasteiger partial charge in [0.15, 0.2) is 18.2 Å². The maximum atomic E-state index is 14.1. The van der Waals surface area contributed by atoms with Crippen molar-refractivity contribution >= 4 is 17.5 Å². The Morgan fingerprint density at radius 1 is 0.968 bits per heavy atom. The Morgan fingerprint density at radius 2 is 1.65 bits per heavy atom. The molecule has 0 bridgehead atoms. The van der Waals surface area contributed by atoms with Crippen LogP contribution in [0.4, 0.5) is 4.39 Å². The fourth-order valence-electron chi connectivity index (χ4n) is 3.66. The molecule has 0 spiro atoms. The number of rotatable bonds is 6. The van der Waals surface area contributed by atoms with Crippen LogP contribution in [0.25, 0.3) is 0 Å². The van der Waals surface area contributed by atoms with Gasteiger partial charge < -0.3 is 9.47 Å². The van der Waals surface area contributed by atoms with Crippen LogP contribution in [0, 0.1) is 5.82 Å². The molecular formula is C25H19FO5. The van der Waals surface area contributed by atoms with Gasteiger partial charge in [0.2, 0.25) is 0 Å². The predicted molar refractivity (Wildman–Crippen MR) is 111 cm³/mol. The normalized spacial score (nSPS) is 14.8. The summed E-state index contributed by atoms with van der Waals surface area (Å²) < 4.78 is 24.8. The van der Waals surface area contributed by atoms with Crippen LogP contribution < -0.4 is 9.47 Å². The summed E-state index contributed by atoms with van der Waals surface area (Å²) in [5, 5.41) is 0. The Bertz CT molecular complexity index is 1150. The first kappa shape index (κ1) is 20.5. The number of hydrogen-bond acceptors (Lipinski definition) is 5. The second-order valence-corrected chi connectivity index (χ2v) is 7.34. The van der Waals surface area contributed by atoms with E-state index in [0.29, 0.717) is 16.9 Å². The molecule has 1 aliphatic rings. The highest BCUT2D eigenvalue weighted by Gasteiger charge is 2.33. The summed E-state index contributed by atoms with van der Waals surface area (Å²) in [4.78, 5) is 36.8. The average Bonchev–Trinajstić information content (AvgIpc) is 3.09. The Labute approximate surface area is 178 Å². The lowest BCUT2D eigenvalue weighted by atomic mass is 10.0. The summed E-state index contributed by atoms with van der Waals surface area (Å²) in [6.07, 6.45) is 0.186. The number of carbonyl (C=O) groups is 3. The number of ketones is 2. The molecule has 0 aromatic heterocycles. The maximum absolute atomic E-state index is 14.1. The summed E-state index contributed by atoms with van der Waals surface area (Å²) in [6.45, 7) is 1.36. The first-order chi connectivity index (χ1) is 14.9. The first-order valence-corrected chi connectivity index (χ1v) is 9.83. The van der Waals surface area contributed by atoms with E-state index < -0.39 is 18.4 Å². The van der Waals surface area contributed by atoms with Crippen molar-refractivity contribution in [1.82, 2.24) is 0 Å². The lowest BCUT2D eigenvalue weighted by molar-refractivity contribution is -0.136. The van der Waals surface area contributed by atoms with Crippen LogP contribution in [0.15, 0.2) is 66.7 Å². The molecule has 6 heteroatoms. The highest BCUT2D eigenvalue weighted by Crippen LogP contribution is 2.39. The highest BCUT2D eigenvalue weighted by molar-refractivity contribution is 6.09. The molecular weight excluding hydrogens is 399 g/mol. The third-order valence-electron chi connectivity index (χ3n) is 5.15. The number of hydrogen-bond donors (Lipinski definition) is 0. The standard InChI is InChI=1S/C25H19FO5/c1-15-13-20(27)24-21(12-11-19(26)23(15)24)31-22(28)14-30-18-9-7-17(8-10-18)25(29)16-5-3-2-4-6-16/h2-12,15H,13-14H2,1H3. The van der Waals surface area contributed by atoms with Crippen molar-refractivity contribution in [3.8, 4) is 11.5 Å². The molecule has 1 aliphatic carbocycles. The van der Waals surface area contributed by atoms with E-state index in [-0.39, 0.29) is 40.8 Å². The second kappa shape index (κ2) is 8.52. The molecule has 5 nitrogen and oxygen atoms in total. The number of ether oxygens (including phenoxy) is 2. The average molecular weight is 418 g/mol. The van der Waals surface area contributed by atoms with E-state index >= 15 is 0 Å². The van der Waals surface area contributed by atoms with Gasteiger partial charge in [-0.25, -0.2) is 9.18 Å². The molecule has 0 aliphatic heterocycles. The monoisotopic (exact) mass is 418 g/mol. The van der Waals surface area contributed by atoms with Gasteiger partial charge >= 0.3 is 5.97 Å². The van der Waals surface area contributed by atoms with E-state index in [4.69, 9.17) is 9.47 Å². The third-order valence-corrected chi connectivity index (χ3v) is 5.15. The minimum Gasteiger partial charge on any atom is -0.482 e. The van der Waals surface area contributed by atoms with Gasteiger partial charge in [-0.3, -0.25) is 9.59 Å². The summed E-state index contributed by atoms with van der Waals surface area (Å²) in [6, 6.07) is 17.8. The van der Waals surface area contributed by atoms with Crippen molar-refractivity contribution in [1.29, 1.82) is 0 Å². The number of esters is 1. The van der Waals surface area contributed by atoms with Crippen molar-refractivity contribution in [3.05, 3.63) is 94.8 Å². The van der Waals surface area contributed by atoms with Gasteiger partial charge in [0.05, 0.1) is 5.56 Å². The minimum atomic E-state index is -0.717. The lowest BCUT2D eigenvalue weighted by Gasteiger charge is -2.11. The van der Waals surface area contributed by atoms with Crippen molar-refractivity contribution in [2.45, 2.75) is 19.3 Å². The van der Waals surface area contributed by atoms with Crippen molar-refractivity contribution < 1.29 is 28.2 Å². The zero-order valence-electron chi connectivity index (χ0n) is 16.8. The van der Waals surface area contributed by atoms with Crippen LogP contribution in [-0.2, 0) is 4.79 Å².